The van der Waals surface area contributed by atoms with Crippen molar-refractivity contribution in [3.8, 4) is 0 Å². The largest absolute Gasteiger partial charge is 0.481 e. The van der Waals surface area contributed by atoms with Crippen LogP contribution in [0.4, 0.5) is 0 Å². The molecule has 0 aromatic rings. The second-order valence-electron chi connectivity index (χ2n) is 4.34. The van der Waals surface area contributed by atoms with Crippen molar-refractivity contribution in [1.82, 2.24) is 0 Å². The lowest BCUT2D eigenvalue weighted by molar-refractivity contribution is -0.138. The third-order valence-electron chi connectivity index (χ3n) is 2.63. The third kappa shape index (κ3) is 11.1. The summed E-state index contributed by atoms with van der Waals surface area (Å²) in [7, 11) is 0. The lowest BCUT2D eigenvalue weighted by atomic mass is 9.99. The second kappa shape index (κ2) is 9.75. The number of unbranched alkanes of at least 4 members (excludes halogenated alkanes) is 5. The van der Waals surface area contributed by atoms with Gasteiger partial charge in [0.25, 0.3) is 0 Å². The molecule has 88 valence electrons. The molecule has 0 aliphatic rings. The van der Waals surface area contributed by atoms with Crippen LogP contribution in [0.15, 0.2) is 12.7 Å². The first-order chi connectivity index (χ1) is 7.16. The average Bonchev–Trinajstić information content (AvgIpc) is 2.15. The first-order valence-corrected chi connectivity index (χ1v) is 5.99. The van der Waals surface area contributed by atoms with Gasteiger partial charge in [0.15, 0.2) is 0 Å². The van der Waals surface area contributed by atoms with Crippen LogP contribution in [0.1, 0.15) is 58.3 Å². The summed E-state index contributed by atoms with van der Waals surface area (Å²) >= 11 is 0. The summed E-state index contributed by atoms with van der Waals surface area (Å²) in [6.45, 7) is 5.71. The van der Waals surface area contributed by atoms with Crippen molar-refractivity contribution in [2.45, 2.75) is 58.3 Å². The van der Waals surface area contributed by atoms with Gasteiger partial charge in [0.2, 0.25) is 0 Å². The summed E-state index contributed by atoms with van der Waals surface area (Å²) in [6, 6.07) is 0. The van der Waals surface area contributed by atoms with Gasteiger partial charge in [-0.2, -0.15) is 0 Å². The Kier molecular flexibility index (Phi) is 9.24. The topological polar surface area (TPSA) is 37.3 Å². The number of hydrogen-bond acceptors (Lipinski definition) is 1. The molecule has 0 spiro atoms. The molecule has 2 heteroatoms. The van der Waals surface area contributed by atoms with Crippen molar-refractivity contribution in [2.24, 2.45) is 5.92 Å². The highest BCUT2D eigenvalue weighted by Gasteiger charge is 2.06. The fourth-order valence-electron chi connectivity index (χ4n) is 1.71. The van der Waals surface area contributed by atoms with Gasteiger partial charge in [0, 0.05) is 6.42 Å². The molecule has 1 unspecified atom stereocenters. The Labute approximate surface area is 93.4 Å². The van der Waals surface area contributed by atoms with E-state index in [1.807, 2.05) is 13.0 Å². The maximum absolute atomic E-state index is 10.4. The van der Waals surface area contributed by atoms with Gasteiger partial charge < -0.3 is 5.11 Å². The second-order valence-corrected chi connectivity index (χ2v) is 4.34. The van der Waals surface area contributed by atoms with Crippen LogP contribution in [0.25, 0.3) is 0 Å². The van der Waals surface area contributed by atoms with E-state index in [1.165, 1.54) is 32.1 Å². The molecule has 1 N–H and O–H groups in total. The molecule has 0 amide bonds. The monoisotopic (exact) mass is 212 g/mol. The Morgan fingerprint density at radius 3 is 2.47 bits per heavy atom. The number of rotatable bonds is 10. The summed E-state index contributed by atoms with van der Waals surface area (Å²) < 4.78 is 0. The Balaban J connectivity index is 3.16. The maximum atomic E-state index is 10.4. The molecule has 2 nitrogen and oxygen atoms in total. The molecule has 0 saturated heterocycles. The average molecular weight is 212 g/mol. The third-order valence-corrected chi connectivity index (χ3v) is 2.63. The molecule has 15 heavy (non-hydrogen) atoms. The number of carboxylic acids is 1. The van der Waals surface area contributed by atoms with Gasteiger partial charge in [-0.25, -0.2) is 0 Å². The fourth-order valence-corrected chi connectivity index (χ4v) is 1.71. The highest BCUT2D eigenvalue weighted by atomic mass is 16.4. The lowest BCUT2D eigenvalue weighted by Gasteiger charge is -2.07. The Bertz CT molecular complexity index is 175. The van der Waals surface area contributed by atoms with Crippen LogP contribution in [0.2, 0.25) is 0 Å². The molecule has 1 atom stereocenters. The molecule has 0 fully saturated rings. The van der Waals surface area contributed by atoms with E-state index in [-0.39, 0.29) is 0 Å². The van der Waals surface area contributed by atoms with Crippen molar-refractivity contribution >= 4 is 5.97 Å². The summed E-state index contributed by atoms with van der Waals surface area (Å²) in [5.74, 6) is -0.343. The molecule has 0 aliphatic heterocycles. The van der Waals surface area contributed by atoms with E-state index in [1.54, 1.807) is 0 Å². The normalized spacial score (nSPS) is 12.3. The summed E-state index contributed by atoms with van der Waals surface area (Å²) in [6.07, 6.45) is 10.7. The maximum Gasteiger partial charge on any atom is 0.303 e. The minimum Gasteiger partial charge on any atom is -0.481 e. The van der Waals surface area contributed by atoms with E-state index in [0.717, 1.165) is 12.8 Å². The lowest BCUT2D eigenvalue weighted by Crippen LogP contribution is -2.03. The van der Waals surface area contributed by atoms with Gasteiger partial charge in [-0.15, -0.1) is 6.58 Å². The standard InChI is InChI=1S/C13H24O2/c1-3-4-5-6-7-8-9-10-12(2)11-13(14)15/h3,12H,1,4-11H2,2H3,(H,14,15). The minimum atomic E-state index is -0.673. The summed E-state index contributed by atoms with van der Waals surface area (Å²) in [4.78, 5) is 10.4. The van der Waals surface area contributed by atoms with Crippen LogP contribution in [0, 0.1) is 5.92 Å². The van der Waals surface area contributed by atoms with Gasteiger partial charge in [-0.1, -0.05) is 45.1 Å². The van der Waals surface area contributed by atoms with Gasteiger partial charge in [-0.05, 0) is 18.8 Å². The first-order valence-electron chi connectivity index (χ1n) is 5.99. The number of carboxylic acid groups (broad SMARTS) is 1. The highest BCUT2D eigenvalue weighted by Crippen LogP contribution is 2.14. The van der Waals surface area contributed by atoms with Crippen LogP contribution in [-0.2, 0) is 4.79 Å². The van der Waals surface area contributed by atoms with Crippen LogP contribution in [-0.4, -0.2) is 11.1 Å². The van der Waals surface area contributed by atoms with Crippen molar-refractivity contribution < 1.29 is 9.90 Å². The van der Waals surface area contributed by atoms with E-state index in [2.05, 4.69) is 6.58 Å². The van der Waals surface area contributed by atoms with Crippen molar-refractivity contribution in [3.63, 3.8) is 0 Å². The van der Waals surface area contributed by atoms with Crippen molar-refractivity contribution in [3.05, 3.63) is 12.7 Å². The van der Waals surface area contributed by atoms with E-state index in [4.69, 9.17) is 5.11 Å². The zero-order valence-electron chi connectivity index (χ0n) is 9.87. The molecule has 0 radical (unpaired) electrons. The number of hydrogen-bond donors (Lipinski definition) is 1. The van der Waals surface area contributed by atoms with Gasteiger partial charge in [0.05, 0.1) is 0 Å². The smallest absolute Gasteiger partial charge is 0.303 e. The molecule has 0 rings (SSSR count). The molecular weight excluding hydrogens is 188 g/mol. The molecule has 0 aromatic heterocycles. The van der Waals surface area contributed by atoms with Gasteiger partial charge >= 0.3 is 5.97 Å². The molecule has 0 bridgehead atoms. The van der Waals surface area contributed by atoms with E-state index in [9.17, 15) is 4.79 Å². The molecule has 0 heterocycles. The van der Waals surface area contributed by atoms with Crippen LogP contribution >= 0.6 is 0 Å². The number of carbonyl (C=O) groups is 1. The first kappa shape index (κ1) is 14.2. The zero-order chi connectivity index (χ0) is 11.5. The molecule has 0 aliphatic carbocycles. The molecule has 0 saturated carbocycles. The van der Waals surface area contributed by atoms with Gasteiger partial charge in [0.1, 0.15) is 0 Å². The SMILES string of the molecule is C=CCCCCCCCC(C)CC(=O)O. The predicted molar refractivity (Wildman–Crippen MR) is 63.9 cm³/mol. The highest BCUT2D eigenvalue weighted by molar-refractivity contribution is 5.66. The summed E-state index contributed by atoms with van der Waals surface area (Å²) in [5.41, 5.74) is 0. The van der Waals surface area contributed by atoms with Gasteiger partial charge in [-0.3, -0.25) is 4.79 Å². The van der Waals surface area contributed by atoms with Crippen molar-refractivity contribution in [1.29, 1.82) is 0 Å². The minimum absolute atomic E-state index is 0.316. The number of aliphatic carboxylic acids is 1. The van der Waals surface area contributed by atoms with Crippen LogP contribution in [0.5, 0.6) is 0 Å². The van der Waals surface area contributed by atoms with E-state index in [0.29, 0.717) is 12.3 Å². The van der Waals surface area contributed by atoms with E-state index >= 15 is 0 Å². The number of allylic oxidation sites excluding steroid dienone is 1. The molecular formula is C13H24O2. The molecule has 0 aromatic carbocycles. The Hall–Kier alpha value is -0.790. The van der Waals surface area contributed by atoms with Crippen LogP contribution in [0.3, 0.4) is 0 Å². The van der Waals surface area contributed by atoms with Crippen LogP contribution < -0.4 is 0 Å². The zero-order valence-corrected chi connectivity index (χ0v) is 9.87. The van der Waals surface area contributed by atoms with E-state index < -0.39 is 5.97 Å². The Morgan fingerprint density at radius 2 is 1.87 bits per heavy atom. The van der Waals surface area contributed by atoms with Crippen molar-refractivity contribution in [2.75, 3.05) is 0 Å². The summed E-state index contributed by atoms with van der Waals surface area (Å²) in [5, 5.41) is 8.57. The fraction of sp³-hybridized carbons (Fsp3) is 0.769. The Morgan fingerprint density at radius 1 is 1.27 bits per heavy atom. The predicted octanol–water partition coefficient (Wildman–Crippen LogP) is 4.01. The quantitative estimate of drug-likeness (QED) is 0.439.